The molecule has 0 spiro atoms. The van der Waals surface area contributed by atoms with Crippen LogP contribution in [0.1, 0.15) is 12.5 Å². The highest BCUT2D eigenvalue weighted by Gasteiger charge is 2.24. The summed E-state index contributed by atoms with van der Waals surface area (Å²) in [5, 5.41) is 9.32. The topological polar surface area (TPSA) is 20.2 Å². The number of rotatable bonds is 3. The predicted octanol–water partition coefficient (Wildman–Crippen LogP) is 4.11. The van der Waals surface area contributed by atoms with Crippen LogP contribution < -0.4 is 0 Å². The average molecular weight is 320 g/mol. The molecule has 0 aliphatic carbocycles. The molecule has 0 saturated carbocycles. The van der Waals surface area contributed by atoms with E-state index in [9.17, 15) is 31.4 Å². The zero-order valence-electron chi connectivity index (χ0n) is 11.2. The van der Waals surface area contributed by atoms with Crippen LogP contribution in [0.3, 0.4) is 0 Å². The summed E-state index contributed by atoms with van der Waals surface area (Å²) in [5.74, 6) is -9.95. The Morgan fingerprint density at radius 2 is 1.41 bits per heavy atom. The van der Waals surface area contributed by atoms with Crippen LogP contribution in [-0.2, 0) is 6.42 Å². The van der Waals surface area contributed by atoms with Gasteiger partial charge in [0.1, 0.15) is 0 Å². The molecule has 0 saturated heterocycles. The lowest BCUT2D eigenvalue weighted by atomic mass is 9.94. The Kier molecular flexibility index (Phi) is 4.46. The summed E-state index contributed by atoms with van der Waals surface area (Å²) >= 11 is 0. The molecule has 118 valence electrons. The van der Waals surface area contributed by atoms with Crippen LogP contribution in [0.25, 0.3) is 11.1 Å². The van der Waals surface area contributed by atoms with E-state index in [1.54, 1.807) is 0 Å². The maximum atomic E-state index is 13.9. The Bertz CT molecular complexity index is 727. The molecular formula is C15H10F6O. The Balaban J connectivity index is 2.77. The normalized spacial score (nSPS) is 12.5. The van der Waals surface area contributed by atoms with Gasteiger partial charge in [-0.05, 0) is 30.7 Å². The summed E-state index contributed by atoms with van der Waals surface area (Å²) in [6.07, 6.45) is -1.61. The number of aliphatic hydroxyl groups excluding tert-OH is 1. The molecule has 2 rings (SSSR count). The van der Waals surface area contributed by atoms with Gasteiger partial charge in [0.2, 0.25) is 0 Å². The van der Waals surface area contributed by atoms with E-state index >= 15 is 0 Å². The summed E-state index contributed by atoms with van der Waals surface area (Å²) in [5.41, 5.74) is -1.65. The lowest BCUT2D eigenvalue weighted by molar-refractivity contribution is 0.193. The number of aliphatic hydroxyl groups is 1. The summed E-state index contributed by atoms with van der Waals surface area (Å²) < 4.78 is 80.6. The zero-order chi connectivity index (χ0) is 16.6. The highest BCUT2D eigenvalue weighted by atomic mass is 19.2. The third-order valence-electron chi connectivity index (χ3n) is 3.09. The van der Waals surface area contributed by atoms with E-state index < -0.39 is 64.1 Å². The van der Waals surface area contributed by atoms with Gasteiger partial charge in [0, 0.05) is 17.5 Å². The second-order valence-electron chi connectivity index (χ2n) is 4.79. The first-order valence-electron chi connectivity index (χ1n) is 6.22. The van der Waals surface area contributed by atoms with Crippen molar-refractivity contribution < 1.29 is 31.4 Å². The monoisotopic (exact) mass is 320 g/mol. The molecule has 2 aromatic rings. The fourth-order valence-electron chi connectivity index (χ4n) is 2.10. The van der Waals surface area contributed by atoms with Crippen molar-refractivity contribution in [2.45, 2.75) is 19.4 Å². The van der Waals surface area contributed by atoms with E-state index in [4.69, 9.17) is 0 Å². The minimum atomic E-state index is -1.81. The number of benzene rings is 2. The van der Waals surface area contributed by atoms with Gasteiger partial charge in [-0.2, -0.15) is 0 Å². The van der Waals surface area contributed by atoms with Gasteiger partial charge in [0.05, 0.1) is 6.10 Å². The first-order valence-corrected chi connectivity index (χ1v) is 6.22. The van der Waals surface area contributed by atoms with Gasteiger partial charge in [-0.1, -0.05) is 0 Å². The molecule has 0 fully saturated rings. The molecule has 0 aliphatic rings. The molecule has 1 N–H and O–H groups in total. The van der Waals surface area contributed by atoms with Gasteiger partial charge in [0.15, 0.2) is 34.9 Å². The lowest BCUT2D eigenvalue weighted by Gasteiger charge is -2.14. The van der Waals surface area contributed by atoms with Crippen LogP contribution >= 0.6 is 0 Å². The second-order valence-corrected chi connectivity index (χ2v) is 4.79. The average Bonchev–Trinajstić information content (AvgIpc) is 2.45. The van der Waals surface area contributed by atoms with Gasteiger partial charge in [0.25, 0.3) is 0 Å². The maximum absolute atomic E-state index is 13.9. The largest absolute Gasteiger partial charge is 0.393 e. The molecule has 1 atom stereocenters. The maximum Gasteiger partial charge on any atom is 0.195 e. The molecule has 2 aromatic carbocycles. The quantitative estimate of drug-likeness (QED) is 0.666. The molecule has 0 bridgehead atoms. The van der Waals surface area contributed by atoms with Crippen molar-refractivity contribution in [2.75, 3.05) is 0 Å². The molecule has 0 radical (unpaired) electrons. The first kappa shape index (κ1) is 16.4. The molecule has 0 aliphatic heterocycles. The van der Waals surface area contributed by atoms with Crippen LogP contribution in [0.2, 0.25) is 0 Å². The molecule has 22 heavy (non-hydrogen) atoms. The molecule has 7 heteroatoms. The van der Waals surface area contributed by atoms with Crippen molar-refractivity contribution in [1.82, 2.24) is 0 Å². The van der Waals surface area contributed by atoms with Crippen LogP contribution in [0.4, 0.5) is 26.3 Å². The standard InChI is InChI=1S/C15H10F6O/c1-6(22)4-9-8(5-11(17)15(21)13(9)19)7-2-3-10(16)14(20)12(7)18/h2-3,5-6,22H,4H2,1H3. The van der Waals surface area contributed by atoms with Gasteiger partial charge < -0.3 is 5.11 Å². The van der Waals surface area contributed by atoms with Gasteiger partial charge in [-0.3, -0.25) is 0 Å². The van der Waals surface area contributed by atoms with Gasteiger partial charge in [-0.15, -0.1) is 0 Å². The molecule has 0 amide bonds. The fraction of sp³-hybridized carbons (Fsp3) is 0.200. The molecule has 0 heterocycles. The fourth-order valence-corrected chi connectivity index (χ4v) is 2.10. The Morgan fingerprint density at radius 1 is 0.818 bits per heavy atom. The van der Waals surface area contributed by atoms with Crippen molar-refractivity contribution in [3.05, 3.63) is 58.7 Å². The zero-order valence-corrected chi connectivity index (χ0v) is 11.2. The molecule has 1 nitrogen and oxygen atoms in total. The van der Waals surface area contributed by atoms with E-state index in [1.807, 2.05) is 0 Å². The number of hydrogen-bond acceptors (Lipinski definition) is 1. The number of halogens is 6. The number of hydrogen-bond donors (Lipinski definition) is 1. The van der Waals surface area contributed by atoms with Crippen molar-refractivity contribution >= 4 is 0 Å². The Labute approximate surface area is 121 Å². The van der Waals surface area contributed by atoms with Gasteiger partial charge in [-0.25, -0.2) is 26.3 Å². The first-order chi connectivity index (χ1) is 10.2. The lowest BCUT2D eigenvalue weighted by Crippen LogP contribution is -2.11. The van der Waals surface area contributed by atoms with Crippen molar-refractivity contribution in [2.24, 2.45) is 0 Å². The smallest absolute Gasteiger partial charge is 0.195 e. The Morgan fingerprint density at radius 3 is 2.00 bits per heavy atom. The summed E-state index contributed by atoms with van der Waals surface area (Å²) in [4.78, 5) is 0. The van der Waals surface area contributed by atoms with Crippen molar-refractivity contribution in [3.63, 3.8) is 0 Å². The van der Waals surface area contributed by atoms with Crippen LogP contribution in [-0.4, -0.2) is 11.2 Å². The van der Waals surface area contributed by atoms with E-state index in [0.717, 1.165) is 6.07 Å². The van der Waals surface area contributed by atoms with Crippen LogP contribution in [0, 0.1) is 34.9 Å². The minimum absolute atomic E-state index is 0.462. The van der Waals surface area contributed by atoms with E-state index in [0.29, 0.717) is 12.1 Å². The highest BCUT2D eigenvalue weighted by Crippen LogP contribution is 2.33. The van der Waals surface area contributed by atoms with E-state index in [-0.39, 0.29) is 0 Å². The minimum Gasteiger partial charge on any atom is -0.393 e. The SMILES string of the molecule is CC(O)Cc1c(-c2ccc(F)c(F)c2F)cc(F)c(F)c1F. The summed E-state index contributed by atoms with van der Waals surface area (Å²) in [7, 11) is 0. The van der Waals surface area contributed by atoms with E-state index in [2.05, 4.69) is 0 Å². The van der Waals surface area contributed by atoms with Gasteiger partial charge >= 0.3 is 0 Å². The second kappa shape index (κ2) is 6.00. The predicted molar refractivity (Wildman–Crippen MR) is 67.0 cm³/mol. The van der Waals surface area contributed by atoms with Crippen molar-refractivity contribution in [1.29, 1.82) is 0 Å². The summed E-state index contributed by atoms with van der Waals surface area (Å²) in [6.45, 7) is 1.26. The van der Waals surface area contributed by atoms with E-state index in [1.165, 1.54) is 6.92 Å². The van der Waals surface area contributed by atoms with Crippen LogP contribution in [0.15, 0.2) is 18.2 Å². The Hall–Kier alpha value is -2.02. The molecular weight excluding hydrogens is 310 g/mol. The van der Waals surface area contributed by atoms with Crippen LogP contribution in [0.5, 0.6) is 0 Å². The highest BCUT2D eigenvalue weighted by molar-refractivity contribution is 5.68. The van der Waals surface area contributed by atoms with Crippen molar-refractivity contribution in [3.8, 4) is 11.1 Å². The summed E-state index contributed by atoms with van der Waals surface area (Å²) in [6, 6.07) is 1.84. The third-order valence-corrected chi connectivity index (χ3v) is 3.09. The molecule has 1 unspecified atom stereocenters. The molecule has 0 aromatic heterocycles. The third kappa shape index (κ3) is 2.81.